The molecule has 0 N–H and O–H groups in total. The third-order valence-corrected chi connectivity index (χ3v) is 10.9. The molecule has 0 amide bonds. The molecule has 3 aromatic carbocycles. The maximum atomic E-state index is 9.95. The van der Waals surface area contributed by atoms with Crippen LogP contribution in [0.1, 0.15) is 44.4 Å². The van der Waals surface area contributed by atoms with E-state index in [0.29, 0.717) is 5.56 Å². The lowest BCUT2D eigenvalue weighted by molar-refractivity contribution is 0.298. The van der Waals surface area contributed by atoms with Crippen molar-refractivity contribution in [1.82, 2.24) is 4.98 Å². The Morgan fingerprint density at radius 2 is 1.51 bits per heavy atom. The monoisotopic (exact) mass is 500 g/mol. The molecule has 0 saturated carbocycles. The molecule has 0 spiro atoms. The van der Waals surface area contributed by atoms with Crippen LogP contribution in [-0.2, 0) is 10.8 Å². The molecule has 1 aliphatic carbocycles. The Hall–Kier alpha value is -3.68. The quantitative estimate of drug-likeness (QED) is 0.229. The van der Waals surface area contributed by atoms with Crippen LogP contribution in [0.25, 0.3) is 44.3 Å². The highest BCUT2D eigenvalue weighted by molar-refractivity contribution is 6.88. The minimum atomic E-state index is -1.51. The smallest absolute Gasteiger partial charge is 0.144 e. The zero-order valence-corrected chi connectivity index (χ0v) is 23.7. The van der Waals surface area contributed by atoms with Gasteiger partial charge in [-0.3, -0.25) is 4.98 Å². The molecule has 0 atom stereocenters. The summed E-state index contributed by atoms with van der Waals surface area (Å²) in [5.41, 5.74) is 8.49. The van der Waals surface area contributed by atoms with Crippen molar-refractivity contribution < 1.29 is 4.42 Å². The van der Waals surface area contributed by atoms with Crippen molar-refractivity contribution in [3.05, 3.63) is 83.6 Å². The molecule has 5 aromatic rings. The Labute approximate surface area is 219 Å². The van der Waals surface area contributed by atoms with Gasteiger partial charge in [0, 0.05) is 44.5 Å². The maximum Gasteiger partial charge on any atom is 0.144 e. The van der Waals surface area contributed by atoms with Gasteiger partial charge in [0.05, 0.1) is 25.4 Å². The van der Waals surface area contributed by atoms with E-state index in [1.54, 1.807) is 0 Å². The SMILES string of the molecule is CC1(C)c2cc([Si](C)(C)C)cnc2-c2ccc3c(oc4c(-c5ccccc5)c(C#N)ccc43)c2C1(C)C. The molecule has 0 aliphatic heterocycles. The highest BCUT2D eigenvalue weighted by Gasteiger charge is 2.48. The van der Waals surface area contributed by atoms with Gasteiger partial charge in [-0.15, -0.1) is 0 Å². The molecule has 0 radical (unpaired) electrons. The number of hydrogen-bond acceptors (Lipinski definition) is 3. The summed E-state index contributed by atoms with van der Waals surface area (Å²) in [6.45, 7) is 16.5. The Bertz CT molecular complexity index is 1760. The van der Waals surface area contributed by atoms with Gasteiger partial charge in [0.15, 0.2) is 0 Å². The number of fused-ring (bicyclic) bond motifs is 7. The first-order valence-electron chi connectivity index (χ1n) is 13.0. The van der Waals surface area contributed by atoms with E-state index in [9.17, 15) is 5.26 Å². The molecule has 0 saturated heterocycles. The van der Waals surface area contributed by atoms with E-state index in [2.05, 4.69) is 77.8 Å². The summed E-state index contributed by atoms with van der Waals surface area (Å²) >= 11 is 0. The van der Waals surface area contributed by atoms with Crippen LogP contribution in [0.5, 0.6) is 0 Å². The number of nitriles is 1. The van der Waals surface area contributed by atoms with Gasteiger partial charge in [0.2, 0.25) is 0 Å². The van der Waals surface area contributed by atoms with E-state index in [4.69, 9.17) is 9.40 Å². The summed E-state index contributed by atoms with van der Waals surface area (Å²) in [5, 5.41) is 13.5. The van der Waals surface area contributed by atoms with E-state index in [1.165, 1.54) is 16.3 Å². The van der Waals surface area contributed by atoms with Gasteiger partial charge in [0.1, 0.15) is 11.2 Å². The summed E-state index contributed by atoms with van der Waals surface area (Å²) in [7, 11) is -1.51. The first-order chi connectivity index (χ1) is 17.5. The van der Waals surface area contributed by atoms with Crippen LogP contribution >= 0.6 is 0 Å². The number of rotatable bonds is 2. The molecule has 3 nitrogen and oxygen atoms in total. The third kappa shape index (κ3) is 3.20. The first-order valence-corrected chi connectivity index (χ1v) is 16.5. The zero-order valence-electron chi connectivity index (χ0n) is 22.7. The third-order valence-electron chi connectivity index (χ3n) is 8.86. The fourth-order valence-corrected chi connectivity index (χ4v) is 6.95. The highest BCUT2D eigenvalue weighted by Crippen LogP contribution is 2.56. The van der Waals surface area contributed by atoms with Crippen LogP contribution in [0.3, 0.4) is 0 Å². The Morgan fingerprint density at radius 3 is 2.19 bits per heavy atom. The van der Waals surface area contributed by atoms with E-state index >= 15 is 0 Å². The second kappa shape index (κ2) is 7.66. The second-order valence-electron chi connectivity index (χ2n) is 12.4. The van der Waals surface area contributed by atoms with Crippen molar-refractivity contribution in [2.75, 3.05) is 0 Å². The highest BCUT2D eigenvalue weighted by atomic mass is 28.3. The molecule has 2 heterocycles. The summed E-state index contributed by atoms with van der Waals surface area (Å²) in [6.07, 6.45) is 2.10. The number of aromatic nitrogens is 1. The fraction of sp³-hybridized carbons (Fsp3) is 0.273. The topological polar surface area (TPSA) is 49.8 Å². The average molecular weight is 501 g/mol. The number of hydrogen-bond donors (Lipinski definition) is 0. The minimum absolute atomic E-state index is 0.161. The van der Waals surface area contributed by atoms with Crippen LogP contribution in [0, 0.1) is 11.3 Å². The molecule has 1 aliphatic rings. The number of furan rings is 1. The predicted octanol–water partition coefficient (Wildman–Crippen LogP) is 8.30. The molecule has 2 aromatic heterocycles. The van der Waals surface area contributed by atoms with Crippen LogP contribution < -0.4 is 5.19 Å². The minimum Gasteiger partial charge on any atom is -0.455 e. The normalized spacial score (nSPS) is 15.8. The standard InChI is InChI=1S/C33H32N2OSi/c1-32(2)26-17-22(37(5,6)7)19-35-29(26)25-16-15-24-23-14-13-21(18-34)27(20-11-9-8-10-12-20)30(23)36-31(24)28(25)33(32,3)4/h8-17,19H,1-7H3. The van der Waals surface area contributed by atoms with Crippen molar-refractivity contribution in [2.45, 2.75) is 58.2 Å². The van der Waals surface area contributed by atoms with E-state index in [-0.39, 0.29) is 10.8 Å². The second-order valence-corrected chi connectivity index (χ2v) is 17.5. The molecule has 184 valence electrons. The fourth-order valence-electron chi connectivity index (χ4n) is 5.92. The lowest BCUT2D eigenvalue weighted by atomic mass is 9.56. The van der Waals surface area contributed by atoms with Crippen molar-refractivity contribution in [2.24, 2.45) is 0 Å². The molecule has 0 fully saturated rings. The van der Waals surface area contributed by atoms with Crippen molar-refractivity contribution in [3.63, 3.8) is 0 Å². The predicted molar refractivity (Wildman–Crippen MR) is 156 cm³/mol. The van der Waals surface area contributed by atoms with Crippen LogP contribution in [-0.4, -0.2) is 13.1 Å². The van der Waals surface area contributed by atoms with E-state index in [1.807, 2.05) is 42.5 Å². The van der Waals surface area contributed by atoms with Crippen LogP contribution in [0.2, 0.25) is 19.6 Å². The number of nitrogens with zero attached hydrogens (tertiary/aromatic N) is 2. The largest absolute Gasteiger partial charge is 0.455 e. The average Bonchev–Trinajstić information content (AvgIpc) is 3.24. The van der Waals surface area contributed by atoms with Gasteiger partial charge < -0.3 is 4.42 Å². The van der Waals surface area contributed by atoms with Gasteiger partial charge in [-0.2, -0.15) is 5.26 Å². The molecular weight excluding hydrogens is 468 g/mol. The summed E-state index contributed by atoms with van der Waals surface area (Å²) in [5.74, 6) is 0. The van der Waals surface area contributed by atoms with Crippen LogP contribution in [0.4, 0.5) is 0 Å². The van der Waals surface area contributed by atoms with E-state index < -0.39 is 8.07 Å². The molecule has 6 rings (SSSR count). The number of pyridine rings is 1. The van der Waals surface area contributed by atoms with Gasteiger partial charge in [0.25, 0.3) is 0 Å². The molecule has 4 heteroatoms. The maximum absolute atomic E-state index is 9.95. The van der Waals surface area contributed by atoms with Crippen molar-refractivity contribution in [1.29, 1.82) is 5.26 Å². The van der Waals surface area contributed by atoms with Crippen molar-refractivity contribution in [3.8, 4) is 28.5 Å². The first kappa shape index (κ1) is 23.7. The Kier molecular flexibility index (Phi) is 4.91. The summed E-state index contributed by atoms with van der Waals surface area (Å²) in [6, 6.07) is 23.2. The summed E-state index contributed by atoms with van der Waals surface area (Å²) in [4.78, 5) is 5.09. The van der Waals surface area contributed by atoms with Crippen molar-refractivity contribution >= 4 is 35.2 Å². The molecular formula is C33H32N2OSi. The van der Waals surface area contributed by atoms with Gasteiger partial charge in [-0.1, -0.05) is 89.8 Å². The van der Waals surface area contributed by atoms with Gasteiger partial charge in [-0.25, -0.2) is 0 Å². The molecule has 0 unspecified atom stereocenters. The number of benzene rings is 3. The van der Waals surface area contributed by atoms with Gasteiger partial charge in [-0.05, 0) is 34.5 Å². The van der Waals surface area contributed by atoms with Gasteiger partial charge >= 0.3 is 0 Å². The van der Waals surface area contributed by atoms with Crippen LogP contribution in [0.15, 0.2) is 71.3 Å². The summed E-state index contributed by atoms with van der Waals surface area (Å²) < 4.78 is 6.83. The Balaban J connectivity index is 1.73. The zero-order chi connectivity index (χ0) is 26.3. The lowest BCUT2D eigenvalue weighted by Gasteiger charge is -2.47. The molecule has 37 heavy (non-hydrogen) atoms. The lowest BCUT2D eigenvalue weighted by Crippen LogP contribution is -2.46. The Morgan fingerprint density at radius 1 is 0.838 bits per heavy atom. The van der Waals surface area contributed by atoms with E-state index in [0.717, 1.165) is 44.3 Å². The molecule has 0 bridgehead atoms.